The number of anilines is 1. The number of amides is 1. The Hall–Kier alpha value is -2.81. The van der Waals surface area contributed by atoms with Gasteiger partial charge in [-0.3, -0.25) is 4.90 Å². The molecule has 0 aromatic heterocycles. The molecule has 1 unspecified atom stereocenters. The monoisotopic (exact) mass is 305 g/mol. The van der Waals surface area contributed by atoms with E-state index < -0.39 is 0 Å². The first-order valence-electron chi connectivity index (χ1n) is 7.76. The third-order valence-corrected chi connectivity index (χ3v) is 3.72. The molecular weight excluding hydrogens is 286 g/mol. The van der Waals surface area contributed by atoms with Crippen LogP contribution >= 0.6 is 0 Å². The average Bonchev–Trinajstić information content (AvgIpc) is 2.60. The number of ether oxygens (including phenoxy) is 1. The number of para-hydroxylation sites is 1. The van der Waals surface area contributed by atoms with Gasteiger partial charge in [-0.15, -0.1) is 0 Å². The normalized spacial score (nSPS) is 16.4. The van der Waals surface area contributed by atoms with Gasteiger partial charge >= 0.3 is 6.09 Å². The van der Waals surface area contributed by atoms with Gasteiger partial charge in [0.2, 0.25) is 0 Å². The molecule has 3 rings (SSSR count). The largest absolute Gasteiger partial charge is 0.449 e. The lowest BCUT2D eigenvalue weighted by Gasteiger charge is -2.31. The fourth-order valence-corrected chi connectivity index (χ4v) is 2.63. The summed E-state index contributed by atoms with van der Waals surface area (Å²) in [6, 6.07) is 17.7. The van der Waals surface area contributed by atoms with Gasteiger partial charge in [-0.25, -0.2) is 4.79 Å². The van der Waals surface area contributed by atoms with Crippen LogP contribution in [0.15, 0.2) is 66.7 Å². The van der Waals surface area contributed by atoms with Crippen molar-refractivity contribution in [1.82, 2.24) is 0 Å². The number of nitrogens with zero attached hydrogens (tertiary/aromatic N) is 1. The molecule has 116 valence electrons. The maximum atomic E-state index is 12.4. The van der Waals surface area contributed by atoms with Gasteiger partial charge in [-0.1, -0.05) is 72.8 Å². The molecule has 0 saturated carbocycles. The van der Waals surface area contributed by atoms with Crippen LogP contribution in [0.4, 0.5) is 10.5 Å². The van der Waals surface area contributed by atoms with Gasteiger partial charge in [0.1, 0.15) is 0 Å². The third kappa shape index (κ3) is 3.34. The summed E-state index contributed by atoms with van der Waals surface area (Å²) in [6.45, 7) is 2.18. The van der Waals surface area contributed by atoms with Crippen molar-refractivity contribution in [2.24, 2.45) is 0 Å². The molecule has 0 radical (unpaired) electrons. The Bertz CT molecular complexity index is 734. The number of carbonyl (C=O) groups is 1. The van der Waals surface area contributed by atoms with Gasteiger partial charge in [0.05, 0.1) is 18.3 Å². The Kier molecular flexibility index (Phi) is 4.57. The fourth-order valence-electron chi connectivity index (χ4n) is 2.63. The summed E-state index contributed by atoms with van der Waals surface area (Å²) in [7, 11) is 0. The van der Waals surface area contributed by atoms with Crippen LogP contribution in [0, 0.1) is 0 Å². The van der Waals surface area contributed by atoms with Crippen molar-refractivity contribution in [3.63, 3.8) is 0 Å². The van der Waals surface area contributed by atoms with Gasteiger partial charge in [0, 0.05) is 0 Å². The topological polar surface area (TPSA) is 29.5 Å². The summed E-state index contributed by atoms with van der Waals surface area (Å²) in [4.78, 5) is 14.1. The van der Waals surface area contributed by atoms with Crippen molar-refractivity contribution in [2.45, 2.75) is 13.0 Å². The highest BCUT2D eigenvalue weighted by Crippen LogP contribution is 2.30. The molecule has 2 aromatic carbocycles. The number of benzene rings is 2. The van der Waals surface area contributed by atoms with Crippen LogP contribution in [0.5, 0.6) is 0 Å². The molecule has 0 aliphatic carbocycles. The molecule has 1 heterocycles. The van der Waals surface area contributed by atoms with E-state index >= 15 is 0 Å². The zero-order valence-electron chi connectivity index (χ0n) is 13.1. The van der Waals surface area contributed by atoms with Gasteiger partial charge in [-0.05, 0) is 24.1 Å². The number of hydrogen-bond donors (Lipinski definition) is 0. The molecule has 23 heavy (non-hydrogen) atoms. The van der Waals surface area contributed by atoms with Crippen LogP contribution in [0.1, 0.15) is 18.1 Å². The van der Waals surface area contributed by atoms with E-state index in [0.717, 1.165) is 16.8 Å². The molecule has 0 bridgehead atoms. The van der Waals surface area contributed by atoms with E-state index in [1.807, 2.05) is 85.8 Å². The lowest BCUT2D eigenvalue weighted by atomic mass is 10.0. The highest BCUT2D eigenvalue weighted by molar-refractivity contribution is 5.94. The molecule has 3 heteroatoms. The number of fused-ring (bicyclic) bond motifs is 1. The first-order valence-corrected chi connectivity index (χ1v) is 7.76. The summed E-state index contributed by atoms with van der Waals surface area (Å²) >= 11 is 0. The second kappa shape index (κ2) is 6.97. The Morgan fingerprint density at radius 2 is 1.87 bits per heavy atom. The van der Waals surface area contributed by atoms with Crippen molar-refractivity contribution in [3.05, 3.63) is 77.9 Å². The minimum atomic E-state index is -0.327. The zero-order valence-corrected chi connectivity index (χ0v) is 13.1. The Morgan fingerprint density at radius 1 is 1.13 bits per heavy atom. The van der Waals surface area contributed by atoms with Crippen molar-refractivity contribution < 1.29 is 9.53 Å². The maximum absolute atomic E-state index is 12.4. The summed E-state index contributed by atoms with van der Waals surface area (Å²) < 4.78 is 5.24. The van der Waals surface area contributed by atoms with Crippen LogP contribution in [0.25, 0.3) is 12.2 Å². The van der Waals surface area contributed by atoms with Gasteiger partial charge < -0.3 is 4.74 Å². The zero-order chi connectivity index (χ0) is 16.1. The van der Waals surface area contributed by atoms with Crippen LogP contribution in [0.2, 0.25) is 0 Å². The van der Waals surface area contributed by atoms with E-state index in [1.54, 1.807) is 4.90 Å². The van der Waals surface area contributed by atoms with E-state index in [0.29, 0.717) is 6.61 Å². The average molecular weight is 305 g/mol. The number of hydrogen-bond acceptors (Lipinski definition) is 2. The lowest BCUT2D eigenvalue weighted by molar-refractivity contribution is 0.159. The van der Waals surface area contributed by atoms with Crippen molar-refractivity contribution in [1.29, 1.82) is 0 Å². The van der Waals surface area contributed by atoms with Gasteiger partial charge in [0.25, 0.3) is 0 Å². The second-order valence-electron chi connectivity index (χ2n) is 5.25. The first-order chi connectivity index (χ1) is 11.3. The second-order valence-corrected chi connectivity index (χ2v) is 5.25. The maximum Gasteiger partial charge on any atom is 0.415 e. The fraction of sp³-hybridized carbons (Fsp3) is 0.150. The smallest absolute Gasteiger partial charge is 0.415 e. The predicted octanol–water partition coefficient (Wildman–Crippen LogP) is 4.76. The minimum absolute atomic E-state index is 0.163. The van der Waals surface area contributed by atoms with E-state index in [9.17, 15) is 4.79 Å². The number of rotatable bonds is 3. The predicted molar refractivity (Wildman–Crippen MR) is 94.2 cm³/mol. The van der Waals surface area contributed by atoms with E-state index in [2.05, 4.69) is 0 Å². The quantitative estimate of drug-likeness (QED) is 0.818. The summed E-state index contributed by atoms with van der Waals surface area (Å²) in [5.74, 6) is 0. The SMILES string of the molecule is CCOC(=O)N1c2ccccc2C=CC1/C=C/c1ccccc1. The van der Waals surface area contributed by atoms with E-state index in [1.165, 1.54) is 0 Å². The highest BCUT2D eigenvalue weighted by Gasteiger charge is 2.27. The first kappa shape index (κ1) is 15.1. The van der Waals surface area contributed by atoms with Crippen LogP contribution in [-0.4, -0.2) is 18.7 Å². The Labute approximate surface area is 136 Å². The summed E-state index contributed by atoms with van der Waals surface area (Å²) in [6.07, 6.45) is 7.77. The molecule has 1 aliphatic heterocycles. The third-order valence-electron chi connectivity index (χ3n) is 3.72. The van der Waals surface area contributed by atoms with Crippen LogP contribution in [-0.2, 0) is 4.74 Å². The lowest BCUT2D eigenvalue weighted by Crippen LogP contribution is -2.40. The molecule has 0 fully saturated rings. The van der Waals surface area contributed by atoms with E-state index in [4.69, 9.17) is 4.74 Å². The van der Waals surface area contributed by atoms with E-state index in [-0.39, 0.29) is 12.1 Å². The standard InChI is InChI=1S/C20H19NO2/c1-2-23-20(22)21-18(14-12-16-8-4-3-5-9-16)15-13-17-10-6-7-11-19(17)21/h3-15,18H,2H2,1H3/b14-12+. The van der Waals surface area contributed by atoms with Crippen molar-refractivity contribution in [2.75, 3.05) is 11.5 Å². The van der Waals surface area contributed by atoms with Gasteiger partial charge in [0.15, 0.2) is 0 Å². The highest BCUT2D eigenvalue weighted by atomic mass is 16.6. The summed E-state index contributed by atoms with van der Waals surface area (Å²) in [5, 5.41) is 0. The Morgan fingerprint density at radius 3 is 2.65 bits per heavy atom. The molecular formula is C20H19NO2. The molecule has 0 saturated heterocycles. The van der Waals surface area contributed by atoms with Crippen molar-refractivity contribution >= 4 is 23.9 Å². The summed E-state index contributed by atoms with van der Waals surface area (Å²) in [5.41, 5.74) is 2.99. The minimum Gasteiger partial charge on any atom is -0.449 e. The molecule has 3 nitrogen and oxygen atoms in total. The molecule has 0 spiro atoms. The molecule has 1 atom stereocenters. The molecule has 0 N–H and O–H groups in total. The number of carbonyl (C=O) groups excluding carboxylic acids is 1. The molecule has 1 amide bonds. The van der Waals surface area contributed by atoms with Gasteiger partial charge in [-0.2, -0.15) is 0 Å². The van der Waals surface area contributed by atoms with Crippen LogP contribution in [0.3, 0.4) is 0 Å². The Balaban J connectivity index is 1.92. The molecule has 2 aromatic rings. The molecule has 1 aliphatic rings. The van der Waals surface area contributed by atoms with Crippen molar-refractivity contribution in [3.8, 4) is 0 Å². The van der Waals surface area contributed by atoms with Crippen LogP contribution < -0.4 is 4.90 Å².